The molecule has 0 radical (unpaired) electrons. The normalized spacial score (nSPS) is 50.7. The third-order valence-corrected chi connectivity index (χ3v) is 3.31. The zero-order chi connectivity index (χ0) is 6.48. The number of hydrogen-bond acceptors (Lipinski definition) is 1. The molecule has 2 aliphatic rings. The second kappa shape index (κ2) is 1.51. The van der Waals surface area contributed by atoms with Gasteiger partial charge in [-0.2, -0.15) is 0 Å². The molecule has 2 rings (SSSR count). The molecule has 2 aliphatic carbocycles. The quantitative estimate of drug-likeness (QED) is 0.565. The summed E-state index contributed by atoms with van der Waals surface area (Å²) in [5, 5.41) is 9.35. The minimum Gasteiger partial charge on any atom is -0.393 e. The van der Waals surface area contributed by atoms with Gasteiger partial charge in [-0.05, 0) is 37.5 Å². The Labute approximate surface area is 56.1 Å². The van der Waals surface area contributed by atoms with Gasteiger partial charge in [-0.3, -0.25) is 0 Å². The van der Waals surface area contributed by atoms with Gasteiger partial charge in [0.25, 0.3) is 0 Å². The third kappa shape index (κ3) is 0.586. The molecule has 9 heavy (non-hydrogen) atoms. The van der Waals surface area contributed by atoms with E-state index in [1.165, 1.54) is 25.7 Å². The van der Waals surface area contributed by atoms with Crippen LogP contribution in [0, 0.1) is 11.3 Å². The lowest BCUT2D eigenvalue weighted by Gasteiger charge is -2.14. The van der Waals surface area contributed by atoms with Crippen LogP contribution in [-0.2, 0) is 0 Å². The van der Waals surface area contributed by atoms with E-state index in [1.54, 1.807) is 0 Å². The summed E-state index contributed by atoms with van der Waals surface area (Å²) in [4.78, 5) is 0. The Bertz CT molecular complexity index is 127. The fraction of sp³-hybridized carbons (Fsp3) is 1.00. The molecule has 0 aromatic heterocycles. The number of rotatable bonds is 1. The zero-order valence-corrected chi connectivity index (χ0v) is 5.93. The van der Waals surface area contributed by atoms with Crippen molar-refractivity contribution in [1.29, 1.82) is 0 Å². The maximum atomic E-state index is 9.35. The lowest BCUT2D eigenvalue weighted by atomic mass is 9.98. The van der Waals surface area contributed by atoms with E-state index in [9.17, 15) is 5.11 Å². The van der Waals surface area contributed by atoms with E-state index >= 15 is 0 Å². The van der Waals surface area contributed by atoms with Gasteiger partial charge < -0.3 is 5.11 Å². The summed E-state index contributed by atoms with van der Waals surface area (Å²) in [6, 6.07) is 0. The van der Waals surface area contributed by atoms with Crippen molar-refractivity contribution in [2.75, 3.05) is 0 Å². The highest BCUT2D eigenvalue weighted by Crippen LogP contribution is 2.65. The summed E-state index contributed by atoms with van der Waals surface area (Å²) in [5.74, 6) is 0.900. The molecule has 1 heteroatoms. The van der Waals surface area contributed by atoms with E-state index in [0.29, 0.717) is 5.41 Å². The van der Waals surface area contributed by atoms with Crippen molar-refractivity contribution in [3.05, 3.63) is 0 Å². The fourth-order valence-electron chi connectivity index (χ4n) is 2.49. The van der Waals surface area contributed by atoms with Gasteiger partial charge in [-0.1, -0.05) is 6.42 Å². The van der Waals surface area contributed by atoms with E-state index in [0.717, 1.165) is 5.92 Å². The number of aliphatic hydroxyl groups excluding tert-OH is 1. The van der Waals surface area contributed by atoms with E-state index in [1.807, 2.05) is 6.92 Å². The highest BCUT2D eigenvalue weighted by Gasteiger charge is 2.59. The monoisotopic (exact) mass is 126 g/mol. The molecule has 2 fully saturated rings. The van der Waals surface area contributed by atoms with E-state index < -0.39 is 0 Å². The van der Waals surface area contributed by atoms with Gasteiger partial charge in [-0.15, -0.1) is 0 Å². The van der Waals surface area contributed by atoms with Gasteiger partial charge in [0.05, 0.1) is 6.10 Å². The lowest BCUT2D eigenvalue weighted by molar-refractivity contribution is 0.106. The maximum Gasteiger partial charge on any atom is 0.0571 e. The minimum absolute atomic E-state index is 0.0370. The second-order valence-corrected chi connectivity index (χ2v) is 3.70. The van der Waals surface area contributed by atoms with E-state index in [-0.39, 0.29) is 6.10 Å². The minimum atomic E-state index is -0.0370. The molecular formula is C8H14O. The average Bonchev–Trinajstić information content (AvgIpc) is 2.38. The van der Waals surface area contributed by atoms with Gasteiger partial charge in [0.1, 0.15) is 0 Å². The van der Waals surface area contributed by atoms with Gasteiger partial charge in [0.2, 0.25) is 0 Å². The number of hydrogen-bond donors (Lipinski definition) is 1. The molecule has 0 bridgehead atoms. The molecule has 0 heterocycles. The Balaban J connectivity index is 2.10. The number of aliphatic hydroxyl groups is 1. The van der Waals surface area contributed by atoms with E-state index in [2.05, 4.69) is 0 Å². The van der Waals surface area contributed by atoms with Crippen LogP contribution in [0.15, 0.2) is 0 Å². The first kappa shape index (κ1) is 5.72. The van der Waals surface area contributed by atoms with Crippen LogP contribution in [-0.4, -0.2) is 11.2 Å². The molecule has 0 saturated heterocycles. The molecule has 3 atom stereocenters. The maximum absolute atomic E-state index is 9.35. The summed E-state index contributed by atoms with van der Waals surface area (Å²) < 4.78 is 0. The standard InChI is InChI=1S/C8H14O/c1-6(9)8-4-2-3-7(8)5-8/h6-7,9H,2-5H2,1H3. The van der Waals surface area contributed by atoms with Crippen molar-refractivity contribution in [3.8, 4) is 0 Å². The largest absolute Gasteiger partial charge is 0.393 e. The molecule has 0 aromatic rings. The lowest BCUT2D eigenvalue weighted by Crippen LogP contribution is -2.16. The molecule has 0 aliphatic heterocycles. The van der Waals surface area contributed by atoms with Crippen molar-refractivity contribution < 1.29 is 5.11 Å². The SMILES string of the molecule is CC(O)C12CCCC1C2. The first-order valence-corrected chi connectivity index (χ1v) is 3.94. The van der Waals surface area contributed by atoms with Crippen molar-refractivity contribution in [1.82, 2.24) is 0 Å². The van der Waals surface area contributed by atoms with E-state index in [4.69, 9.17) is 0 Å². The third-order valence-electron chi connectivity index (χ3n) is 3.31. The molecule has 2 saturated carbocycles. The van der Waals surface area contributed by atoms with Crippen molar-refractivity contribution in [2.24, 2.45) is 11.3 Å². The van der Waals surface area contributed by atoms with Crippen LogP contribution in [0.1, 0.15) is 32.6 Å². The first-order chi connectivity index (χ1) is 4.26. The smallest absolute Gasteiger partial charge is 0.0571 e. The predicted molar refractivity (Wildman–Crippen MR) is 36.1 cm³/mol. The highest BCUT2D eigenvalue weighted by molar-refractivity contribution is 5.08. The van der Waals surface area contributed by atoms with Gasteiger partial charge in [0.15, 0.2) is 0 Å². The van der Waals surface area contributed by atoms with Crippen LogP contribution in [0.4, 0.5) is 0 Å². The first-order valence-electron chi connectivity index (χ1n) is 3.94. The van der Waals surface area contributed by atoms with Crippen LogP contribution in [0.25, 0.3) is 0 Å². The summed E-state index contributed by atoms with van der Waals surface area (Å²) >= 11 is 0. The molecule has 0 aromatic carbocycles. The van der Waals surface area contributed by atoms with Crippen LogP contribution in [0.2, 0.25) is 0 Å². The average molecular weight is 126 g/mol. The topological polar surface area (TPSA) is 20.2 Å². The molecular weight excluding hydrogens is 112 g/mol. The highest BCUT2D eigenvalue weighted by atomic mass is 16.3. The summed E-state index contributed by atoms with van der Waals surface area (Å²) in [5.41, 5.74) is 0.417. The van der Waals surface area contributed by atoms with Crippen LogP contribution in [0.3, 0.4) is 0 Å². The molecule has 1 nitrogen and oxygen atoms in total. The Morgan fingerprint density at radius 1 is 1.67 bits per heavy atom. The molecule has 1 N–H and O–H groups in total. The Morgan fingerprint density at radius 2 is 2.44 bits per heavy atom. The summed E-state index contributed by atoms with van der Waals surface area (Å²) in [6.07, 6.45) is 5.30. The van der Waals surface area contributed by atoms with Gasteiger partial charge in [-0.25, -0.2) is 0 Å². The molecule has 3 unspecified atom stereocenters. The molecule has 0 spiro atoms. The van der Waals surface area contributed by atoms with Gasteiger partial charge in [0, 0.05) is 0 Å². The van der Waals surface area contributed by atoms with Crippen LogP contribution >= 0.6 is 0 Å². The predicted octanol–water partition coefficient (Wildman–Crippen LogP) is 1.56. The Hall–Kier alpha value is -0.0400. The van der Waals surface area contributed by atoms with Crippen LogP contribution < -0.4 is 0 Å². The van der Waals surface area contributed by atoms with Crippen LogP contribution in [0.5, 0.6) is 0 Å². The van der Waals surface area contributed by atoms with Crippen molar-refractivity contribution in [2.45, 2.75) is 38.7 Å². The van der Waals surface area contributed by atoms with Gasteiger partial charge >= 0.3 is 0 Å². The molecule has 52 valence electrons. The summed E-state index contributed by atoms with van der Waals surface area (Å²) in [7, 11) is 0. The Kier molecular flexibility index (Phi) is 0.963. The fourth-order valence-corrected chi connectivity index (χ4v) is 2.49. The molecule has 0 amide bonds. The second-order valence-electron chi connectivity index (χ2n) is 3.70. The number of fused-ring (bicyclic) bond motifs is 1. The summed E-state index contributed by atoms with van der Waals surface area (Å²) in [6.45, 7) is 1.95. The van der Waals surface area contributed by atoms with Crippen molar-refractivity contribution >= 4 is 0 Å². The van der Waals surface area contributed by atoms with Crippen molar-refractivity contribution in [3.63, 3.8) is 0 Å². The zero-order valence-electron chi connectivity index (χ0n) is 5.93. The Morgan fingerprint density at radius 3 is 2.67 bits per heavy atom.